The molecule has 0 N–H and O–H groups in total. The van der Waals surface area contributed by atoms with Crippen LogP contribution in [0.15, 0.2) is 133 Å². The van der Waals surface area contributed by atoms with Crippen LogP contribution >= 0.6 is 0 Å². The number of unbranched alkanes of at least 4 members (excludes halogenated alkanes) is 2. The molecule has 6 aromatic rings. The summed E-state index contributed by atoms with van der Waals surface area (Å²) in [5.74, 6) is 0. The summed E-state index contributed by atoms with van der Waals surface area (Å²) < 4.78 is 0. The van der Waals surface area contributed by atoms with Crippen molar-refractivity contribution >= 4 is 0 Å². The van der Waals surface area contributed by atoms with Crippen molar-refractivity contribution in [2.45, 2.75) is 79.1 Å². The van der Waals surface area contributed by atoms with E-state index in [1.807, 2.05) is 0 Å². The van der Waals surface area contributed by atoms with E-state index in [1.54, 1.807) is 0 Å². The summed E-state index contributed by atoms with van der Waals surface area (Å²) in [7, 11) is 0. The first kappa shape index (κ1) is 33.2. The predicted octanol–water partition coefficient (Wildman–Crippen LogP) is 13.8. The van der Waals surface area contributed by atoms with Gasteiger partial charge in [0.1, 0.15) is 0 Å². The molecule has 0 aromatic heterocycles. The van der Waals surface area contributed by atoms with Gasteiger partial charge in [-0.2, -0.15) is 0 Å². The Hall–Kier alpha value is -4.68. The summed E-state index contributed by atoms with van der Waals surface area (Å²) in [6, 6.07) is 50.4. The fraction of sp³-hybridized carbons (Fsp3) is 0.250. The molecule has 242 valence electrons. The molecule has 0 aliphatic heterocycles. The van der Waals surface area contributed by atoms with Crippen LogP contribution in [0.25, 0.3) is 55.6 Å². The zero-order valence-electron chi connectivity index (χ0n) is 29.4. The van der Waals surface area contributed by atoms with E-state index in [0.29, 0.717) is 0 Å². The third-order valence-electron chi connectivity index (χ3n) is 9.91. The van der Waals surface area contributed by atoms with Crippen molar-refractivity contribution in [3.63, 3.8) is 0 Å². The molecule has 0 saturated carbocycles. The summed E-state index contributed by atoms with van der Waals surface area (Å²) in [6.07, 6.45) is 9.34. The highest BCUT2D eigenvalue weighted by Gasteiger charge is 2.10. The standard InChI is InChI=1S/C48H50/c1-5-9-11-35-13-17-43(18-14-35)47-31-29-45(33-37(47)7-3)41-25-21-39(22-26-41)40-23-27-42(28-24-40)46-30-32-48(38(8-4)34-46)44-19-15-36(16-20-44)12-10-6-2/h13-34H,5-12H2,1-4H3. The van der Waals surface area contributed by atoms with Gasteiger partial charge in [-0.3, -0.25) is 0 Å². The van der Waals surface area contributed by atoms with Gasteiger partial charge in [-0.15, -0.1) is 0 Å². The molecule has 6 aromatic carbocycles. The minimum absolute atomic E-state index is 1.01. The Kier molecular flexibility index (Phi) is 11.0. The van der Waals surface area contributed by atoms with Crippen LogP contribution in [0.2, 0.25) is 0 Å². The van der Waals surface area contributed by atoms with Crippen molar-refractivity contribution < 1.29 is 0 Å². The number of hydrogen-bond donors (Lipinski definition) is 0. The van der Waals surface area contributed by atoms with Crippen LogP contribution in [-0.2, 0) is 25.7 Å². The zero-order valence-corrected chi connectivity index (χ0v) is 29.4. The molecule has 0 spiro atoms. The second kappa shape index (κ2) is 15.9. The van der Waals surface area contributed by atoms with Crippen LogP contribution < -0.4 is 0 Å². The first-order valence-corrected chi connectivity index (χ1v) is 18.3. The van der Waals surface area contributed by atoms with Crippen LogP contribution in [0.5, 0.6) is 0 Å². The lowest BCUT2D eigenvalue weighted by Gasteiger charge is -2.13. The van der Waals surface area contributed by atoms with Gasteiger partial charge >= 0.3 is 0 Å². The van der Waals surface area contributed by atoms with Crippen LogP contribution in [0, 0.1) is 0 Å². The van der Waals surface area contributed by atoms with E-state index in [-0.39, 0.29) is 0 Å². The summed E-state index contributed by atoms with van der Waals surface area (Å²) in [5, 5.41) is 0. The first-order valence-electron chi connectivity index (χ1n) is 18.3. The molecule has 6 rings (SSSR count). The van der Waals surface area contributed by atoms with E-state index in [0.717, 1.165) is 12.8 Å². The lowest BCUT2D eigenvalue weighted by Crippen LogP contribution is -1.91. The van der Waals surface area contributed by atoms with Gasteiger partial charge in [0, 0.05) is 0 Å². The van der Waals surface area contributed by atoms with E-state index in [1.165, 1.54) is 116 Å². The Morgan fingerprint density at radius 2 is 0.604 bits per heavy atom. The summed E-state index contributed by atoms with van der Waals surface area (Å²) in [6.45, 7) is 9.03. The molecule has 0 fully saturated rings. The monoisotopic (exact) mass is 626 g/mol. The van der Waals surface area contributed by atoms with Crippen molar-refractivity contribution in [2.24, 2.45) is 0 Å². The fourth-order valence-electron chi connectivity index (χ4n) is 6.87. The maximum Gasteiger partial charge on any atom is -0.0152 e. The predicted molar refractivity (Wildman–Crippen MR) is 210 cm³/mol. The highest BCUT2D eigenvalue weighted by molar-refractivity contribution is 5.78. The van der Waals surface area contributed by atoms with Crippen LogP contribution in [0.1, 0.15) is 75.6 Å². The molecule has 0 nitrogen and oxygen atoms in total. The van der Waals surface area contributed by atoms with Gasteiger partial charge in [0.25, 0.3) is 0 Å². The third kappa shape index (κ3) is 7.71. The fourth-order valence-corrected chi connectivity index (χ4v) is 6.87. The van der Waals surface area contributed by atoms with Crippen molar-refractivity contribution in [3.8, 4) is 55.6 Å². The Morgan fingerprint density at radius 1 is 0.312 bits per heavy atom. The zero-order chi connectivity index (χ0) is 33.3. The molecule has 0 amide bonds. The van der Waals surface area contributed by atoms with Crippen molar-refractivity contribution in [3.05, 3.63) is 156 Å². The second-order valence-corrected chi connectivity index (χ2v) is 13.2. The minimum atomic E-state index is 1.01. The summed E-state index contributed by atoms with van der Waals surface area (Å²) in [5.41, 5.74) is 18.5. The number of hydrogen-bond acceptors (Lipinski definition) is 0. The van der Waals surface area contributed by atoms with Crippen molar-refractivity contribution in [1.82, 2.24) is 0 Å². The van der Waals surface area contributed by atoms with Crippen LogP contribution in [0.4, 0.5) is 0 Å². The van der Waals surface area contributed by atoms with Gasteiger partial charge in [0.15, 0.2) is 0 Å². The SMILES string of the molecule is CCCCc1ccc(-c2ccc(-c3ccc(-c4ccc(-c5ccc(-c6ccc(CCCC)cc6)c(CC)c5)cc4)cc3)cc2CC)cc1. The molecular weight excluding hydrogens is 577 g/mol. The Balaban J connectivity index is 1.16. The molecule has 0 heterocycles. The normalized spacial score (nSPS) is 11.2. The summed E-state index contributed by atoms with van der Waals surface area (Å²) in [4.78, 5) is 0. The molecule has 48 heavy (non-hydrogen) atoms. The summed E-state index contributed by atoms with van der Waals surface area (Å²) >= 11 is 0. The highest BCUT2D eigenvalue weighted by atomic mass is 14.1. The molecule has 0 heteroatoms. The van der Waals surface area contributed by atoms with Crippen molar-refractivity contribution in [1.29, 1.82) is 0 Å². The smallest absolute Gasteiger partial charge is 0.0152 e. The maximum atomic E-state index is 2.38. The van der Waals surface area contributed by atoms with Gasteiger partial charge in [0.05, 0.1) is 0 Å². The van der Waals surface area contributed by atoms with Crippen LogP contribution in [0.3, 0.4) is 0 Å². The minimum Gasteiger partial charge on any atom is -0.0654 e. The first-order chi connectivity index (χ1) is 23.6. The van der Waals surface area contributed by atoms with E-state index >= 15 is 0 Å². The van der Waals surface area contributed by atoms with Crippen molar-refractivity contribution in [2.75, 3.05) is 0 Å². The molecule has 0 atom stereocenters. The largest absolute Gasteiger partial charge is 0.0654 e. The Bertz CT molecular complexity index is 1760. The van der Waals surface area contributed by atoms with Gasteiger partial charge in [0.2, 0.25) is 0 Å². The van der Waals surface area contributed by atoms with Gasteiger partial charge in [-0.1, -0.05) is 174 Å². The topological polar surface area (TPSA) is 0 Å². The third-order valence-corrected chi connectivity index (χ3v) is 9.91. The Morgan fingerprint density at radius 3 is 0.917 bits per heavy atom. The molecule has 0 saturated heterocycles. The highest BCUT2D eigenvalue weighted by Crippen LogP contribution is 2.33. The molecular formula is C48H50. The molecule has 0 radical (unpaired) electrons. The quantitative estimate of drug-likeness (QED) is 0.120. The Labute approximate surface area is 289 Å². The maximum absolute atomic E-state index is 2.38. The van der Waals surface area contributed by atoms with E-state index < -0.39 is 0 Å². The average molecular weight is 627 g/mol. The molecule has 0 unspecified atom stereocenters. The number of rotatable bonds is 13. The van der Waals surface area contributed by atoms with Gasteiger partial charge in [-0.25, -0.2) is 0 Å². The van der Waals surface area contributed by atoms with E-state index in [4.69, 9.17) is 0 Å². The number of aryl methyl sites for hydroxylation is 4. The van der Waals surface area contributed by atoms with Crippen LogP contribution in [-0.4, -0.2) is 0 Å². The lowest BCUT2D eigenvalue weighted by molar-refractivity contribution is 0.795. The molecule has 0 aliphatic rings. The molecule has 0 bridgehead atoms. The lowest BCUT2D eigenvalue weighted by atomic mass is 9.91. The molecule has 0 aliphatic carbocycles. The van der Waals surface area contributed by atoms with E-state index in [9.17, 15) is 0 Å². The van der Waals surface area contributed by atoms with Gasteiger partial charge in [-0.05, 0) is 116 Å². The number of benzene rings is 6. The second-order valence-electron chi connectivity index (χ2n) is 13.2. The van der Waals surface area contributed by atoms with Gasteiger partial charge < -0.3 is 0 Å². The van der Waals surface area contributed by atoms with E-state index in [2.05, 4.69) is 161 Å². The average Bonchev–Trinajstić information content (AvgIpc) is 3.16.